The van der Waals surface area contributed by atoms with Crippen LogP contribution in [0, 0.1) is 5.82 Å². The number of carbonyl (C=O) groups excluding carboxylic acids is 1. The summed E-state index contributed by atoms with van der Waals surface area (Å²) >= 11 is 0. The molecule has 0 aromatic heterocycles. The molecule has 3 heteroatoms. The molecule has 1 aliphatic carbocycles. The lowest BCUT2D eigenvalue weighted by molar-refractivity contribution is 0.0945. The first-order valence-corrected chi connectivity index (χ1v) is 6.16. The van der Waals surface area contributed by atoms with Gasteiger partial charge in [0.1, 0.15) is 11.6 Å². The highest BCUT2D eigenvalue weighted by atomic mass is 19.1. The molecule has 0 bridgehead atoms. The monoisotopic (exact) mass is 256 g/mol. The zero-order chi connectivity index (χ0) is 13.4. The first-order chi connectivity index (χ1) is 9.20. The van der Waals surface area contributed by atoms with Gasteiger partial charge in [0.2, 0.25) is 0 Å². The van der Waals surface area contributed by atoms with Gasteiger partial charge in [-0.15, -0.1) is 0 Å². The Hall–Kier alpha value is -2.16. The second-order valence-electron chi connectivity index (χ2n) is 4.66. The number of benzene rings is 2. The van der Waals surface area contributed by atoms with E-state index in [9.17, 15) is 9.18 Å². The number of halogens is 1. The SMILES string of the molecule is COc1ccc(F)cc1C(=O)C1Cc2ccccc21. The fraction of sp³-hybridized carbons (Fsp3) is 0.188. The van der Waals surface area contributed by atoms with Crippen LogP contribution in [0.4, 0.5) is 4.39 Å². The van der Waals surface area contributed by atoms with E-state index in [2.05, 4.69) is 0 Å². The van der Waals surface area contributed by atoms with Gasteiger partial charge in [-0.2, -0.15) is 0 Å². The van der Waals surface area contributed by atoms with Crippen LogP contribution in [0.25, 0.3) is 0 Å². The van der Waals surface area contributed by atoms with Gasteiger partial charge in [-0.1, -0.05) is 24.3 Å². The van der Waals surface area contributed by atoms with E-state index in [1.54, 1.807) is 0 Å². The van der Waals surface area contributed by atoms with Crippen molar-refractivity contribution in [3.8, 4) is 5.75 Å². The van der Waals surface area contributed by atoms with Crippen LogP contribution in [0.2, 0.25) is 0 Å². The highest BCUT2D eigenvalue weighted by molar-refractivity contribution is 6.04. The smallest absolute Gasteiger partial charge is 0.174 e. The molecule has 1 unspecified atom stereocenters. The Morgan fingerprint density at radius 3 is 2.79 bits per heavy atom. The lowest BCUT2D eigenvalue weighted by atomic mass is 9.73. The van der Waals surface area contributed by atoms with Crippen LogP contribution in [0.15, 0.2) is 42.5 Å². The summed E-state index contributed by atoms with van der Waals surface area (Å²) in [6.45, 7) is 0. The van der Waals surface area contributed by atoms with E-state index in [0.717, 1.165) is 5.56 Å². The highest BCUT2D eigenvalue weighted by Crippen LogP contribution is 2.38. The molecule has 0 aliphatic heterocycles. The predicted molar refractivity (Wildman–Crippen MR) is 70.2 cm³/mol. The molecule has 0 fully saturated rings. The van der Waals surface area contributed by atoms with Crippen LogP contribution < -0.4 is 4.74 Å². The summed E-state index contributed by atoms with van der Waals surface area (Å²) in [5.74, 6) is -0.241. The largest absolute Gasteiger partial charge is 0.496 e. The van der Waals surface area contributed by atoms with E-state index in [1.807, 2.05) is 24.3 Å². The van der Waals surface area contributed by atoms with Crippen LogP contribution in [-0.4, -0.2) is 12.9 Å². The van der Waals surface area contributed by atoms with Crippen molar-refractivity contribution in [2.45, 2.75) is 12.3 Å². The van der Waals surface area contributed by atoms with Crippen molar-refractivity contribution in [2.75, 3.05) is 7.11 Å². The van der Waals surface area contributed by atoms with Gasteiger partial charge in [-0.05, 0) is 35.7 Å². The standard InChI is InChI=1S/C16H13FO2/c1-19-15-7-6-11(17)9-14(15)16(18)13-8-10-4-2-3-5-12(10)13/h2-7,9,13H,8H2,1H3. The molecule has 3 rings (SSSR count). The molecule has 0 spiro atoms. The molecule has 0 amide bonds. The lowest BCUT2D eigenvalue weighted by Gasteiger charge is -2.29. The molecule has 1 aliphatic rings. The quantitative estimate of drug-likeness (QED) is 0.787. The Balaban J connectivity index is 1.96. The number of carbonyl (C=O) groups is 1. The molecule has 19 heavy (non-hydrogen) atoms. The van der Waals surface area contributed by atoms with E-state index in [4.69, 9.17) is 4.74 Å². The fourth-order valence-corrected chi connectivity index (χ4v) is 2.55. The number of Topliss-reactive ketones (excluding diaryl/α,β-unsaturated/α-hetero) is 1. The molecule has 0 saturated carbocycles. The van der Waals surface area contributed by atoms with Gasteiger partial charge in [0.25, 0.3) is 0 Å². The summed E-state index contributed by atoms with van der Waals surface area (Å²) in [6.07, 6.45) is 0.717. The van der Waals surface area contributed by atoms with Crippen molar-refractivity contribution in [1.82, 2.24) is 0 Å². The maximum Gasteiger partial charge on any atom is 0.174 e. The lowest BCUT2D eigenvalue weighted by Crippen LogP contribution is -2.25. The van der Waals surface area contributed by atoms with Crippen molar-refractivity contribution in [3.05, 3.63) is 65.0 Å². The van der Waals surface area contributed by atoms with E-state index < -0.39 is 5.82 Å². The minimum absolute atomic E-state index is 0.0740. The molecular formula is C16H13FO2. The van der Waals surface area contributed by atoms with Crippen LogP contribution in [-0.2, 0) is 6.42 Å². The number of hydrogen-bond donors (Lipinski definition) is 0. The molecule has 0 radical (unpaired) electrons. The molecule has 2 nitrogen and oxygen atoms in total. The maximum absolute atomic E-state index is 13.3. The number of hydrogen-bond acceptors (Lipinski definition) is 2. The third-order valence-corrected chi connectivity index (χ3v) is 3.60. The molecule has 96 valence electrons. The summed E-state index contributed by atoms with van der Waals surface area (Å²) in [6, 6.07) is 11.9. The molecule has 0 heterocycles. The van der Waals surface area contributed by atoms with Crippen LogP contribution in [0.3, 0.4) is 0 Å². The van der Waals surface area contributed by atoms with Crippen molar-refractivity contribution < 1.29 is 13.9 Å². The first kappa shape index (κ1) is 11.9. The molecule has 1 atom stereocenters. The van der Waals surface area contributed by atoms with Crippen molar-refractivity contribution >= 4 is 5.78 Å². The summed E-state index contributed by atoms with van der Waals surface area (Å²) in [5, 5.41) is 0. The van der Waals surface area contributed by atoms with E-state index in [0.29, 0.717) is 17.7 Å². The number of ether oxygens (including phenoxy) is 1. The van der Waals surface area contributed by atoms with E-state index in [1.165, 1.54) is 30.9 Å². The minimum Gasteiger partial charge on any atom is -0.496 e. The van der Waals surface area contributed by atoms with E-state index in [-0.39, 0.29) is 11.7 Å². The fourth-order valence-electron chi connectivity index (χ4n) is 2.55. The van der Waals surface area contributed by atoms with Gasteiger partial charge in [0.15, 0.2) is 5.78 Å². The van der Waals surface area contributed by atoms with Crippen molar-refractivity contribution in [3.63, 3.8) is 0 Å². The Bertz CT molecular complexity index is 649. The Labute approximate surface area is 110 Å². The van der Waals surface area contributed by atoms with Crippen molar-refractivity contribution in [2.24, 2.45) is 0 Å². The van der Waals surface area contributed by atoms with Gasteiger partial charge < -0.3 is 4.74 Å². The zero-order valence-corrected chi connectivity index (χ0v) is 10.5. The van der Waals surface area contributed by atoms with Crippen LogP contribution in [0.1, 0.15) is 27.4 Å². The number of fused-ring (bicyclic) bond motifs is 1. The average Bonchev–Trinajstić information content (AvgIpc) is 2.40. The van der Waals surface area contributed by atoms with Gasteiger partial charge in [0.05, 0.1) is 18.6 Å². The van der Waals surface area contributed by atoms with Crippen molar-refractivity contribution in [1.29, 1.82) is 0 Å². The Morgan fingerprint density at radius 1 is 1.26 bits per heavy atom. The average molecular weight is 256 g/mol. The van der Waals surface area contributed by atoms with Gasteiger partial charge in [-0.25, -0.2) is 4.39 Å². The number of rotatable bonds is 3. The third kappa shape index (κ3) is 1.91. The van der Waals surface area contributed by atoms with E-state index >= 15 is 0 Å². The third-order valence-electron chi connectivity index (χ3n) is 3.60. The van der Waals surface area contributed by atoms with Crippen LogP contribution >= 0.6 is 0 Å². The number of ketones is 1. The summed E-state index contributed by atoms with van der Waals surface area (Å²) < 4.78 is 18.5. The van der Waals surface area contributed by atoms with Gasteiger partial charge >= 0.3 is 0 Å². The first-order valence-electron chi connectivity index (χ1n) is 6.16. The highest BCUT2D eigenvalue weighted by Gasteiger charge is 2.33. The summed E-state index contributed by atoms with van der Waals surface area (Å²) in [4.78, 5) is 12.5. The molecule has 0 N–H and O–H groups in total. The topological polar surface area (TPSA) is 26.3 Å². The second kappa shape index (κ2) is 4.50. The normalized spacial score (nSPS) is 16.4. The second-order valence-corrected chi connectivity index (χ2v) is 4.66. The Morgan fingerprint density at radius 2 is 2.05 bits per heavy atom. The van der Waals surface area contributed by atoms with Crippen LogP contribution in [0.5, 0.6) is 5.75 Å². The summed E-state index contributed by atoms with van der Waals surface area (Å²) in [5.41, 5.74) is 2.55. The molecule has 0 saturated heterocycles. The predicted octanol–water partition coefficient (Wildman–Crippen LogP) is 3.36. The molecular weight excluding hydrogens is 243 g/mol. The van der Waals surface area contributed by atoms with Gasteiger partial charge in [-0.3, -0.25) is 4.79 Å². The molecule has 2 aromatic carbocycles. The number of methoxy groups -OCH3 is 1. The zero-order valence-electron chi connectivity index (χ0n) is 10.5. The minimum atomic E-state index is -0.420. The Kier molecular flexibility index (Phi) is 2.82. The molecule has 2 aromatic rings. The van der Waals surface area contributed by atoms with Gasteiger partial charge in [0, 0.05) is 0 Å². The maximum atomic E-state index is 13.3. The summed E-state index contributed by atoms with van der Waals surface area (Å²) in [7, 11) is 1.48.